The molecule has 11 heteroatoms. The van der Waals surface area contributed by atoms with Crippen LogP contribution in [0, 0.1) is 5.92 Å². The average Bonchev–Trinajstić information content (AvgIpc) is 3.49. The Bertz CT molecular complexity index is 1250. The molecule has 5 atom stereocenters. The van der Waals surface area contributed by atoms with E-state index < -0.39 is 30.3 Å². The van der Waals surface area contributed by atoms with Crippen molar-refractivity contribution in [3.8, 4) is 0 Å². The highest BCUT2D eigenvalue weighted by Gasteiger charge is 2.47. The van der Waals surface area contributed by atoms with E-state index in [1.807, 2.05) is 24.3 Å². The number of nitrogens with zero attached hydrogens (tertiary/aromatic N) is 2. The highest BCUT2D eigenvalue weighted by atomic mass is 19.4. The lowest BCUT2D eigenvalue weighted by Gasteiger charge is -2.43. The number of halogens is 3. The van der Waals surface area contributed by atoms with E-state index in [1.165, 1.54) is 32.1 Å². The van der Waals surface area contributed by atoms with E-state index in [0.29, 0.717) is 17.0 Å². The molecule has 0 aromatic heterocycles. The summed E-state index contributed by atoms with van der Waals surface area (Å²) in [7, 11) is 0. The lowest BCUT2D eigenvalue weighted by molar-refractivity contribution is -0.276. The van der Waals surface area contributed by atoms with Crippen molar-refractivity contribution >= 4 is 17.5 Å². The number of likely N-dealkylation sites (tertiary alicyclic amines) is 2. The molecule has 240 valence electrons. The number of nitrogens with one attached hydrogen (secondary N) is 1. The van der Waals surface area contributed by atoms with Crippen LogP contribution in [-0.2, 0) is 25.7 Å². The Morgan fingerprint density at radius 3 is 2.16 bits per heavy atom. The van der Waals surface area contributed by atoms with E-state index in [1.54, 1.807) is 24.3 Å². The van der Waals surface area contributed by atoms with Crippen molar-refractivity contribution in [2.24, 2.45) is 5.92 Å². The third kappa shape index (κ3) is 7.80. The van der Waals surface area contributed by atoms with Gasteiger partial charge in [0, 0.05) is 30.3 Å². The summed E-state index contributed by atoms with van der Waals surface area (Å²) in [5.41, 5.74) is 2.98. The van der Waals surface area contributed by atoms with Crippen LogP contribution < -0.4 is 5.32 Å². The van der Waals surface area contributed by atoms with Crippen LogP contribution in [0.1, 0.15) is 81.0 Å². The summed E-state index contributed by atoms with van der Waals surface area (Å²) >= 11 is 0. The number of ether oxygens (including phenoxy) is 2. The molecular weight excluding hydrogens is 575 g/mol. The number of hydrogen-bond acceptors (Lipinski definition) is 6. The van der Waals surface area contributed by atoms with Crippen LogP contribution >= 0.6 is 0 Å². The first-order chi connectivity index (χ1) is 21.1. The SMILES string of the molecule is CC1C(CN2CCCCCCC2)OC(c2ccc(NC(=O)C3CCCN3C(=O)C(F)(F)F)cc2)OC1c1ccc(CO)cc1. The van der Waals surface area contributed by atoms with E-state index in [0.717, 1.165) is 36.3 Å². The molecule has 3 saturated heterocycles. The number of rotatable bonds is 7. The van der Waals surface area contributed by atoms with Gasteiger partial charge in [0.1, 0.15) is 6.04 Å². The van der Waals surface area contributed by atoms with Crippen LogP contribution in [0.4, 0.5) is 18.9 Å². The number of amides is 2. The van der Waals surface area contributed by atoms with Crippen molar-refractivity contribution < 1.29 is 37.3 Å². The van der Waals surface area contributed by atoms with E-state index in [9.17, 15) is 27.9 Å². The van der Waals surface area contributed by atoms with Gasteiger partial charge in [-0.1, -0.05) is 62.6 Å². The molecule has 3 aliphatic heterocycles. The Labute approximate surface area is 256 Å². The van der Waals surface area contributed by atoms with Crippen molar-refractivity contribution in [1.82, 2.24) is 9.80 Å². The van der Waals surface area contributed by atoms with Gasteiger partial charge in [-0.3, -0.25) is 9.59 Å². The van der Waals surface area contributed by atoms with Crippen LogP contribution in [-0.4, -0.2) is 71.2 Å². The van der Waals surface area contributed by atoms with E-state index in [2.05, 4.69) is 17.1 Å². The summed E-state index contributed by atoms with van der Waals surface area (Å²) in [6.07, 6.45) is 0.558. The second kappa shape index (κ2) is 14.4. The molecule has 2 aromatic rings. The van der Waals surface area contributed by atoms with Gasteiger partial charge in [0.05, 0.1) is 18.8 Å². The second-order valence-corrected chi connectivity index (χ2v) is 12.2. The van der Waals surface area contributed by atoms with E-state index in [-0.39, 0.29) is 37.7 Å². The molecule has 0 aliphatic carbocycles. The van der Waals surface area contributed by atoms with Crippen molar-refractivity contribution in [3.05, 3.63) is 65.2 Å². The molecule has 3 fully saturated rings. The molecule has 44 heavy (non-hydrogen) atoms. The molecule has 0 bridgehead atoms. The number of anilines is 1. The Morgan fingerprint density at radius 1 is 0.886 bits per heavy atom. The number of aliphatic hydroxyl groups is 1. The monoisotopic (exact) mass is 617 g/mol. The van der Waals surface area contributed by atoms with Crippen LogP contribution in [0.5, 0.6) is 0 Å². The summed E-state index contributed by atoms with van der Waals surface area (Å²) in [6.45, 7) is 4.86. The van der Waals surface area contributed by atoms with Crippen molar-refractivity contribution in [3.63, 3.8) is 0 Å². The fraction of sp³-hybridized carbons (Fsp3) is 0.576. The van der Waals surface area contributed by atoms with Gasteiger partial charge in [0.25, 0.3) is 0 Å². The molecule has 0 radical (unpaired) electrons. The third-order valence-corrected chi connectivity index (χ3v) is 9.02. The molecule has 2 amide bonds. The zero-order chi connectivity index (χ0) is 31.3. The van der Waals surface area contributed by atoms with Crippen LogP contribution in [0.3, 0.4) is 0 Å². The van der Waals surface area contributed by atoms with Gasteiger partial charge in [-0.05, 0) is 62.0 Å². The van der Waals surface area contributed by atoms with Gasteiger partial charge in [0.2, 0.25) is 5.91 Å². The smallest absolute Gasteiger partial charge is 0.392 e. The quantitative estimate of drug-likeness (QED) is 0.413. The zero-order valence-corrected chi connectivity index (χ0v) is 25.1. The van der Waals surface area contributed by atoms with Crippen molar-refractivity contribution in [2.75, 3.05) is 31.5 Å². The molecule has 3 aliphatic rings. The minimum Gasteiger partial charge on any atom is -0.392 e. The molecular formula is C33H42F3N3O5. The topological polar surface area (TPSA) is 91.3 Å². The van der Waals surface area contributed by atoms with E-state index in [4.69, 9.17) is 9.47 Å². The lowest BCUT2D eigenvalue weighted by atomic mass is 9.89. The predicted octanol–water partition coefficient (Wildman–Crippen LogP) is 5.73. The van der Waals surface area contributed by atoms with Gasteiger partial charge in [-0.2, -0.15) is 13.2 Å². The molecule has 3 heterocycles. The number of carbonyl (C=O) groups excluding carboxylic acids is 2. The summed E-state index contributed by atoms with van der Waals surface area (Å²) in [6, 6.07) is 13.5. The van der Waals surface area contributed by atoms with Crippen molar-refractivity contribution in [2.45, 2.75) is 89.2 Å². The lowest BCUT2D eigenvalue weighted by Crippen LogP contribution is -2.48. The third-order valence-electron chi connectivity index (χ3n) is 9.02. The summed E-state index contributed by atoms with van der Waals surface area (Å²) in [4.78, 5) is 27.8. The van der Waals surface area contributed by atoms with Gasteiger partial charge < -0.3 is 29.7 Å². The molecule has 5 unspecified atom stereocenters. The number of alkyl halides is 3. The van der Waals surface area contributed by atoms with E-state index >= 15 is 0 Å². The number of benzene rings is 2. The number of aliphatic hydroxyl groups excluding tert-OH is 1. The zero-order valence-electron chi connectivity index (χ0n) is 25.1. The average molecular weight is 618 g/mol. The van der Waals surface area contributed by atoms with Crippen LogP contribution in [0.15, 0.2) is 48.5 Å². The van der Waals surface area contributed by atoms with Gasteiger partial charge >= 0.3 is 12.1 Å². The first-order valence-corrected chi connectivity index (χ1v) is 15.7. The Kier molecular flexibility index (Phi) is 10.6. The Morgan fingerprint density at radius 2 is 1.52 bits per heavy atom. The predicted molar refractivity (Wildman–Crippen MR) is 158 cm³/mol. The largest absolute Gasteiger partial charge is 0.471 e. The molecule has 0 saturated carbocycles. The maximum Gasteiger partial charge on any atom is 0.471 e. The molecule has 0 spiro atoms. The highest BCUT2D eigenvalue weighted by Crippen LogP contribution is 2.42. The molecule has 2 N–H and O–H groups in total. The van der Waals surface area contributed by atoms with Crippen LogP contribution in [0.2, 0.25) is 0 Å². The summed E-state index contributed by atoms with van der Waals surface area (Å²) < 4.78 is 52.2. The fourth-order valence-electron chi connectivity index (χ4n) is 6.47. The molecule has 2 aromatic carbocycles. The first kappa shape index (κ1) is 32.4. The van der Waals surface area contributed by atoms with Gasteiger partial charge in [-0.15, -0.1) is 0 Å². The van der Waals surface area contributed by atoms with Crippen molar-refractivity contribution in [1.29, 1.82) is 0 Å². The Hall–Kier alpha value is -2.99. The summed E-state index contributed by atoms with van der Waals surface area (Å²) in [5.74, 6) is -2.58. The second-order valence-electron chi connectivity index (χ2n) is 12.2. The maximum absolute atomic E-state index is 13.0. The molecule has 8 nitrogen and oxygen atoms in total. The molecule has 5 rings (SSSR count). The normalized spacial score (nSPS) is 27.0. The van der Waals surface area contributed by atoms with Gasteiger partial charge in [0.15, 0.2) is 6.29 Å². The maximum atomic E-state index is 13.0. The number of carbonyl (C=O) groups is 2. The minimum absolute atomic E-state index is 0.0367. The van der Waals surface area contributed by atoms with Gasteiger partial charge in [-0.25, -0.2) is 0 Å². The fourth-order valence-corrected chi connectivity index (χ4v) is 6.47. The first-order valence-electron chi connectivity index (χ1n) is 15.7. The highest BCUT2D eigenvalue weighted by molar-refractivity contribution is 5.98. The standard InChI is InChI=1S/C33H42F3N3O5/c1-22-28(20-38-17-5-3-2-4-6-18-38)43-31(44-29(22)24-11-9-23(21-40)10-12-24)25-13-15-26(16-14-25)37-30(41)27-8-7-19-39(27)32(42)33(34,35)36/h9-16,22,27-29,31,40H,2-8,17-21H2,1H3,(H,37,41). The Balaban J connectivity index is 1.30. The van der Waals surface area contributed by atoms with Crippen LogP contribution in [0.25, 0.3) is 0 Å². The summed E-state index contributed by atoms with van der Waals surface area (Å²) in [5, 5.41) is 12.2. The number of hydrogen-bond donors (Lipinski definition) is 2. The minimum atomic E-state index is -5.02.